The topological polar surface area (TPSA) is 82.0 Å². The largest absolute Gasteiger partial charge is 0.396 e. The van der Waals surface area contributed by atoms with E-state index in [2.05, 4.69) is 20.9 Å². The Hall–Kier alpha value is -2.19. The molecule has 0 saturated heterocycles. The van der Waals surface area contributed by atoms with Crippen molar-refractivity contribution in [2.24, 2.45) is 7.05 Å². The maximum atomic E-state index is 12.7. The van der Waals surface area contributed by atoms with Gasteiger partial charge in [0.1, 0.15) is 0 Å². The number of hydrogen-bond acceptors (Lipinski definition) is 4. The van der Waals surface area contributed by atoms with E-state index in [0.717, 1.165) is 14.6 Å². The van der Waals surface area contributed by atoms with E-state index in [9.17, 15) is 9.59 Å². The van der Waals surface area contributed by atoms with Crippen LogP contribution in [-0.2, 0) is 20.1 Å². The average Bonchev–Trinajstić information content (AvgIpc) is 2.97. The van der Waals surface area contributed by atoms with Crippen LogP contribution in [0.25, 0.3) is 11.2 Å². The molecule has 2 heterocycles. The molecule has 0 aliphatic heterocycles. The van der Waals surface area contributed by atoms with Gasteiger partial charge in [-0.2, -0.15) is 0 Å². The highest BCUT2D eigenvalue weighted by Crippen LogP contribution is 2.14. The maximum Gasteiger partial charge on any atom is 0.332 e. The van der Waals surface area contributed by atoms with Crippen molar-refractivity contribution < 1.29 is 5.11 Å². The lowest BCUT2D eigenvalue weighted by molar-refractivity contribution is 0.277. The number of hydrogen-bond donors (Lipinski definition) is 1. The molecule has 0 unspecified atom stereocenters. The lowest BCUT2D eigenvalue weighted by atomic mass is 10.2. The maximum absolute atomic E-state index is 12.7. The first-order valence-corrected chi connectivity index (χ1v) is 8.32. The van der Waals surface area contributed by atoms with Crippen molar-refractivity contribution in [2.75, 3.05) is 6.61 Å². The second-order valence-electron chi connectivity index (χ2n) is 5.55. The van der Waals surface area contributed by atoms with Gasteiger partial charge in [-0.15, -0.1) is 0 Å². The van der Waals surface area contributed by atoms with E-state index in [1.165, 1.54) is 4.57 Å². The van der Waals surface area contributed by atoms with Gasteiger partial charge in [0.25, 0.3) is 5.56 Å². The summed E-state index contributed by atoms with van der Waals surface area (Å²) in [7, 11) is 1.59. The highest BCUT2D eigenvalue weighted by molar-refractivity contribution is 9.10. The van der Waals surface area contributed by atoms with Crippen LogP contribution in [0.15, 0.2) is 44.7 Å². The summed E-state index contributed by atoms with van der Waals surface area (Å²) < 4.78 is 5.22. The van der Waals surface area contributed by atoms with Crippen LogP contribution in [0.4, 0.5) is 0 Å². The molecule has 0 spiro atoms. The van der Waals surface area contributed by atoms with Gasteiger partial charge in [0.15, 0.2) is 11.2 Å². The zero-order chi connectivity index (χ0) is 17.3. The van der Waals surface area contributed by atoms with Gasteiger partial charge in [0, 0.05) is 31.2 Å². The summed E-state index contributed by atoms with van der Waals surface area (Å²) in [5, 5.41) is 8.98. The molecule has 0 radical (unpaired) electrons. The van der Waals surface area contributed by atoms with Gasteiger partial charge in [-0.25, -0.2) is 9.78 Å². The Balaban J connectivity index is 2.15. The number of aliphatic hydroxyl groups excluding tert-OH is 1. The molecule has 126 valence electrons. The molecule has 2 aromatic heterocycles. The summed E-state index contributed by atoms with van der Waals surface area (Å²) in [6.45, 7) is 0.578. The fraction of sp³-hybridized carbons (Fsp3) is 0.312. The number of aryl methyl sites for hydroxylation is 1. The Kier molecular flexibility index (Phi) is 4.68. The standard InChI is InChI=1S/C16H17BrN4O3/c1-19-14-13(15(23)21(16(19)24)6-3-7-22)20(10-18-14)9-11-4-2-5-12(17)8-11/h2,4-5,8,10,22H,3,6-7,9H2,1H3. The fourth-order valence-electron chi connectivity index (χ4n) is 2.70. The molecule has 0 bridgehead atoms. The Morgan fingerprint density at radius 3 is 2.79 bits per heavy atom. The third kappa shape index (κ3) is 2.94. The van der Waals surface area contributed by atoms with Crippen LogP contribution in [-0.4, -0.2) is 30.4 Å². The molecular formula is C16H17BrN4O3. The molecule has 0 amide bonds. The first kappa shape index (κ1) is 16.7. The summed E-state index contributed by atoms with van der Waals surface area (Å²) in [5.41, 5.74) is 0.955. The molecule has 1 N–H and O–H groups in total. The number of aromatic nitrogens is 4. The van der Waals surface area contributed by atoms with Crippen molar-refractivity contribution in [3.63, 3.8) is 0 Å². The van der Waals surface area contributed by atoms with E-state index in [0.29, 0.717) is 24.1 Å². The average molecular weight is 393 g/mol. The number of fused-ring (bicyclic) bond motifs is 1. The summed E-state index contributed by atoms with van der Waals surface area (Å²) in [4.78, 5) is 29.3. The third-order valence-electron chi connectivity index (χ3n) is 3.88. The van der Waals surface area contributed by atoms with Gasteiger partial charge in [-0.1, -0.05) is 28.1 Å². The van der Waals surface area contributed by atoms with Crippen molar-refractivity contribution in [3.05, 3.63) is 61.5 Å². The number of nitrogens with zero attached hydrogens (tertiary/aromatic N) is 4. The Morgan fingerprint density at radius 2 is 2.08 bits per heavy atom. The third-order valence-corrected chi connectivity index (χ3v) is 4.38. The van der Waals surface area contributed by atoms with Crippen LogP contribution in [0.2, 0.25) is 0 Å². The van der Waals surface area contributed by atoms with Crippen LogP contribution in [0.3, 0.4) is 0 Å². The minimum atomic E-state index is -0.423. The van der Waals surface area contributed by atoms with Crippen LogP contribution in [0, 0.1) is 0 Å². The second-order valence-corrected chi connectivity index (χ2v) is 6.47. The van der Waals surface area contributed by atoms with Crippen LogP contribution >= 0.6 is 15.9 Å². The van der Waals surface area contributed by atoms with Gasteiger partial charge in [0.2, 0.25) is 0 Å². The minimum Gasteiger partial charge on any atom is -0.396 e. The Morgan fingerprint density at radius 1 is 1.29 bits per heavy atom. The molecule has 0 aliphatic carbocycles. The molecule has 7 nitrogen and oxygen atoms in total. The van der Waals surface area contributed by atoms with Gasteiger partial charge in [0.05, 0.1) is 6.33 Å². The van der Waals surface area contributed by atoms with Gasteiger partial charge >= 0.3 is 5.69 Å². The summed E-state index contributed by atoms with van der Waals surface area (Å²) in [5.74, 6) is 0. The highest BCUT2D eigenvalue weighted by Gasteiger charge is 2.16. The highest BCUT2D eigenvalue weighted by atomic mass is 79.9. The summed E-state index contributed by atoms with van der Waals surface area (Å²) in [6.07, 6.45) is 1.92. The number of aliphatic hydroxyl groups is 1. The first-order chi connectivity index (χ1) is 11.5. The molecular weight excluding hydrogens is 376 g/mol. The molecule has 0 saturated carbocycles. The number of benzene rings is 1. The predicted molar refractivity (Wildman–Crippen MR) is 94.2 cm³/mol. The molecule has 24 heavy (non-hydrogen) atoms. The Labute approximate surface area is 145 Å². The summed E-state index contributed by atoms with van der Waals surface area (Å²) >= 11 is 3.43. The van der Waals surface area contributed by atoms with Crippen LogP contribution in [0.1, 0.15) is 12.0 Å². The molecule has 3 rings (SSSR count). The molecule has 0 atom stereocenters. The molecule has 3 aromatic rings. The monoisotopic (exact) mass is 392 g/mol. The van der Waals surface area contributed by atoms with Crippen molar-refractivity contribution in [3.8, 4) is 0 Å². The molecule has 0 aliphatic rings. The van der Waals surface area contributed by atoms with Gasteiger partial charge < -0.3 is 9.67 Å². The fourth-order valence-corrected chi connectivity index (χ4v) is 3.15. The van der Waals surface area contributed by atoms with Crippen molar-refractivity contribution in [1.29, 1.82) is 0 Å². The van der Waals surface area contributed by atoms with Crippen molar-refractivity contribution >= 4 is 27.1 Å². The SMILES string of the molecule is Cn1c(=O)n(CCCO)c(=O)c2c1ncn2Cc1cccc(Br)c1. The predicted octanol–water partition coefficient (Wildman–Crippen LogP) is 1.09. The lowest BCUT2D eigenvalue weighted by Crippen LogP contribution is -2.39. The summed E-state index contributed by atoms with van der Waals surface area (Å²) in [6, 6.07) is 7.79. The van der Waals surface area contributed by atoms with Crippen molar-refractivity contribution in [2.45, 2.75) is 19.5 Å². The Bertz CT molecular complexity index is 1000. The smallest absolute Gasteiger partial charge is 0.332 e. The second kappa shape index (κ2) is 6.74. The van der Waals surface area contributed by atoms with E-state index in [4.69, 9.17) is 5.11 Å². The van der Waals surface area contributed by atoms with E-state index in [-0.39, 0.29) is 18.7 Å². The minimum absolute atomic E-state index is 0.0784. The van der Waals surface area contributed by atoms with Gasteiger partial charge in [-0.3, -0.25) is 13.9 Å². The van der Waals surface area contributed by atoms with E-state index in [1.54, 1.807) is 17.9 Å². The van der Waals surface area contributed by atoms with E-state index >= 15 is 0 Å². The number of rotatable bonds is 5. The zero-order valence-corrected chi connectivity index (χ0v) is 14.7. The first-order valence-electron chi connectivity index (χ1n) is 7.53. The quantitative estimate of drug-likeness (QED) is 0.704. The van der Waals surface area contributed by atoms with Crippen LogP contribution in [0.5, 0.6) is 0 Å². The van der Waals surface area contributed by atoms with Crippen molar-refractivity contribution in [1.82, 2.24) is 18.7 Å². The van der Waals surface area contributed by atoms with E-state index < -0.39 is 5.69 Å². The van der Waals surface area contributed by atoms with E-state index in [1.807, 2.05) is 24.3 Å². The normalized spacial score (nSPS) is 11.3. The molecule has 0 fully saturated rings. The molecule has 8 heteroatoms. The van der Waals surface area contributed by atoms with Gasteiger partial charge in [-0.05, 0) is 24.1 Å². The van der Waals surface area contributed by atoms with Crippen LogP contribution < -0.4 is 11.2 Å². The zero-order valence-electron chi connectivity index (χ0n) is 13.1. The lowest BCUT2D eigenvalue weighted by Gasteiger charge is -2.09. The number of halogens is 1. The molecule has 1 aromatic carbocycles. The number of imidazole rings is 1.